The van der Waals surface area contributed by atoms with Gasteiger partial charge in [-0.05, 0) is 18.6 Å². The lowest BCUT2D eigenvalue weighted by Gasteiger charge is -2.27. The quantitative estimate of drug-likeness (QED) is 0.907. The van der Waals surface area contributed by atoms with E-state index < -0.39 is 0 Å². The van der Waals surface area contributed by atoms with Crippen molar-refractivity contribution < 1.29 is 14.3 Å². The second-order valence-corrected chi connectivity index (χ2v) is 4.84. The Morgan fingerprint density at radius 2 is 2.05 bits per heavy atom. The molecule has 1 fully saturated rings. The summed E-state index contributed by atoms with van der Waals surface area (Å²) in [5, 5.41) is 10.4. The predicted octanol–water partition coefficient (Wildman–Crippen LogP) is 1.90. The van der Waals surface area contributed by atoms with E-state index in [0.29, 0.717) is 55.1 Å². The molecule has 0 amide bonds. The smallest absolute Gasteiger partial charge is 0.200 e. The molecule has 2 heterocycles. The number of morpholine rings is 1. The van der Waals surface area contributed by atoms with Gasteiger partial charge in [-0.15, -0.1) is 0 Å². The van der Waals surface area contributed by atoms with E-state index in [1.54, 1.807) is 12.1 Å². The molecule has 0 saturated carbocycles. The molecule has 1 aliphatic rings. The van der Waals surface area contributed by atoms with Crippen LogP contribution in [0.25, 0.3) is 11.0 Å². The fourth-order valence-corrected chi connectivity index (χ4v) is 2.53. The van der Waals surface area contributed by atoms with Crippen molar-refractivity contribution in [2.24, 2.45) is 0 Å². The first-order valence-corrected chi connectivity index (χ1v) is 6.82. The Balaban J connectivity index is 2.18. The van der Waals surface area contributed by atoms with Crippen LogP contribution >= 0.6 is 0 Å². The zero-order chi connectivity index (χ0) is 14.1. The summed E-state index contributed by atoms with van der Waals surface area (Å²) in [7, 11) is 0. The number of hydrogen-bond acceptors (Lipinski definition) is 5. The molecule has 20 heavy (non-hydrogen) atoms. The lowest BCUT2D eigenvalue weighted by atomic mass is 10.1. The number of rotatable bonds is 2. The normalized spacial score (nSPS) is 15.8. The molecule has 2 aromatic rings. The van der Waals surface area contributed by atoms with Gasteiger partial charge in [-0.2, -0.15) is 0 Å². The van der Waals surface area contributed by atoms with E-state index in [1.807, 2.05) is 11.8 Å². The van der Waals surface area contributed by atoms with Gasteiger partial charge in [-0.1, -0.05) is 6.92 Å². The van der Waals surface area contributed by atoms with Crippen LogP contribution in [0.15, 0.2) is 27.4 Å². The summed E-state index contributed by atoms with van der Waals surface area (Å²) >= 11 is 0. The standard InChI is InChI=1S/C15H17NO4/c1-2-10-12(17)4-3-11-13(18)9-14(20-15(10)11)16-5-7-19-8-6-16/h3-4,9,17H,2,5-8H2,1H3. The highest BCUT2D eigenvalue weighted by Crippen LogP contribution is 2.29. The van der Waals surface area contributed by atoms with Crippen LogP contribution in [0.1, 0.15) is 12.5 Å². The minimum absolute atomic E-state index is 0.0811. The number of hydrogen-bond donors (Lipinski definition) is 1. The van der Waals surface area contributed by atoms with Crippen molar-refractivity contribution in [1.82, 2.24) is 0 Å². The summed E-state index contributed by atoms with van der Waals surface area (Å²) < 4.78 is 11.2. The van der Waals surface area contributed by atoms with Crippen molar-refractivity contribution >= 4 is 16.9 Å². The molecule has 1 aromatic heterocycles. The molecular weight excluding hydrogens is 258 g/mol. The number of ether oxygens (including phenoxy) is 1. The van der Waals surface area contributed by atoms with Crippen molar-refractivity contribution in [1.29, 1.82) is 0 Å². The zero-order valence-corrected chi connectivity index (χ0v) is 11.4. The van der Waals surface area contributed by atoms with Crippen LogP contribution in [0.3, 0.4) is 0 Å². The average Bonchev–Trinajstić information content (AvgIpc) is 2.48. The number of phenolic OH excluding ortho intramolecular Hbond substituents is 1. The molecule has 5 nitrogen and oxygen atoms in total. The summed E-state index contributed by atoms with van der Waals surface area (Å²) in [5.41, 5.74) is 1.08. The van der Waals surface area contributed by atoms with E-state index in [4.69, 9.17) is 9.15 Å². The van der Waals surface area contributed by atoms with E-state index in [2.05, 4.69) is 0 Å². The van der Waals surface area contributed by atoms with Crippen molar-refractivity contribution in [2.45, 2.75) is 13.3 Å². The molecule has 0 atom stereocenters. The third kappa shape index (κ3) is 2.14. The molecule has 0 bridgehead atoms. The van der Waals surface area contributed by atoms with Crippen LogP contribution < -0.4 is 10.3 Å². The molecule has 1 aliphatic heterocycles. The Labute approximate surface area is 116 Å². The van der Waals surface area contributed by atoms with Crippen molar-refractivity contribution in [3.8, 4) is 5.75 Å². The van der Waals surface area contributed by atoms with E-state index in [0.717, 1.165) is 0 Å². The summed E-state index contributed by atoms with van der Waals surface area (Å²) in [5.74, 6) is 0.716. The maximum absolute atomic E-state index is 12.2. The van der Waals surface area contributed by atoms with Gasteiger partial charge in [0.15, 0.2) is 11.3 Å². The first kappa shape index (κ1) is 13.0. The maximum Gasteiger partial charge on any atom is 0.200 e. The van der Waals surface area contributed by atoms with Crippen molar-refractivity contribution in [2.75, 3.05) is 31.2 Å². The first-order chi connectivity index (χ1) is 9.70. The number of aromatic hydroxyl groups is 1. The lowest BCUT2D eigenvalue weighted by Crippen LogP contribution is -2.36. The minimum atomic E-state index is -0.0811. The Morgan fingerprint density at radius 3 is 2.75 bits per heavy atom. The zero-order valence-electron chi connectivity index (χ0n) is 11.4. The number of aryl methyl sites for hydroxylation is 1. The predicted molar refractivity (Wildman–Crippen MR) is 76.6 cm³/mol. The van der Waals surface area contributed by atoms with Gasteiger partial charge in [0, 0.05) is 24.7 Å². The molecule has 5 heteroatoms. The van der Waals surface area contributed by atoms with Crippen LogP contribution in [0.4, 0.5) is 5.88 Å². The number of fused-ring (bicyclic) bond motifs is 1. The molecular formula is C15H17NO4. The van der Waals surface area contributed by atoms with Crippen LogP contribution in [0, 0.1) is 0 Å². The third-order valence-corrected chi connectivity index (χ3v) is 3.64. The highest BCUT2D eigenvalue weighted by molar-refractivity contribution is 5.83. The van der Waals surface area contributed by atoms with Crippen LogP contribution in [0.5, 0.6) is 5.75 Å². The van der Waals surface area contributed by atoms with Gasteiger partial charge < -0.3 is 19.2 Å². The molecule has 106 valence electrons. The molecule has 1 saturated heterocycles. The van der Waals surface area contributed by atoms with Crippen molar-refractivity contribution in [3.05, 3.63) is 34.0 Å². The Bertz CT molecular complexity index is 686. The Morgan fingerprint density at radius 1 is 1.30 bits per heavy atom. The maximum atomic E-state index is 12.2. The summed E-state index contributed by atoms with van der Waals surface area (Å²) in [6, 6.07) is 4.68. The van der Waals surface area contributed by atoms with Crippen molar-refractivity contribution in [3.63, 3.8) is 0 Å². The summed E-state index contributed by atoms with van der Waals surface area (Å²) in [6.45, 7) is 4.59. The fourth-order valence-electron chi connectivity index (χ4n) is 2.53. The molecule has 3 rings (SSSR count). The molecule has 0 spiro atoms. The van der Waals surface area contributed by atoms with E-state index >= 15 is 0 Å². The van der Waals surface area contributed by atoms with Gasteiger partial charge in [-0.25, -0.2) is 0 Å². The fraction of sp³-hybridized carbons (Fsp3) is 0.400. The van der Waals surface area contributed by atoms with Crippen LogP contribution in [-0.2, 0) is 11.2 Å². The van der Waals surface area contributed by atoms with Gasteiger partial charge in [0.05, 0.1) is 18.6 Å². The summed E-state index contributed by atoms with van der Waals surface area (Å²) in [6.07, 6.45) is 0.610. The molecule has 0 aliphatic carbocycles. The lowest BCUT2D eigenvalue weighted by molar-refractivity contribution is 0.121. The second kappa shape index (κ2) is 5.17. The molecule has 0 radical (unpaired) electrons. The highest BCUT2D eigenvalue weighted by atomic mass is 16.5. The number of benzene rings is 1. The molecule has 0 unspecified atom stereocenters. The third-order valence-electron chi connectivity index (χ3n) is 3.64. The van der Waals surface area contributed by atoms with Crippen LogP contribution in [-0.4, -0.2) is 31.4 Å². The summed E-state index contributed by atoms with van der Waals surface area (Å²) in [4.78, 5) is 14.2. The number of phenols is 1. The monoisotopic (exact) mass is 275 g/mol. The van der Waals surface area contributed by atoms with Gasteiger partial charge >= 0.3 is 0 Å². The topological polar surface area (TPSA) is 62.9 Å². The van der Waals surface area contributed by atoms with Gasteiger partial charge in [0.2, 0.25) is 0 Å². The van der Waals surface area contributed by atoms with E-state index in [-0.39, 0.29) is 11.2 Å². The average molecular weight is 275 g/mol. The SMILES string of the molecule is CCc1c(O)ccc2c(=O)cc(N3CCOCC3)oc12. The van der Waals surface area contributed by atoms with Gasteiger partial charge in [-0.3, -0.25) is 4.79 Å². The van der Waals surface area contributed by atoms with Gasteiger partial charge in [0.1, 0.15) is 11.3 Å². The molecule has 1 aromatic carbocycles. The Kier molecular flexibility index (Phi) is 3.36. The first-order valence-electron chi connectivity index (χ1n) is 6.82. The number of anilines is 1. The largest absolute Gasteiger partial charge is 0.508 e. The minimum Gasteiger partial charge on any atom is -0.508 e. The second-order valence-electron chi connectivity index (χ2n) is 4.84. The van der Waals surface area contributed by atoms with Crippen LogP contribution in [0.2, 0.25) is 0 Å². The highest BCUT2D eigenvalue weighted by Gasteiger charge is 2.17. The molecule has 1 N–H and O–H groups in total. The van der Waals surface area contributed by atoms with E-state index in [1.165, 1.54) is 6.07 Å². The van der Waals surface area contributed by atoms with Gasteiger partial charge in [0.25, 0.3) is 0 Å². The van der Waals surface area contributed by atoms with E-state index in [9.17, 15) is 9.90 Å². The number of nitrogens with zero attached hydrogens (tertiary/aromatic N) is 1. The Hall–Kier alpha value is -2.01.